The van der Waals surface area contributed by atoms with Crippen LogP contribution in [0.15, 0.2) is 91.1 Å². The molecule has 0 N–H and O–H groups in total. The molecule has 1 atom stereocenters. The van der Waals surface area contributed by atoms with Crippen molar-refractivity contribution >= 4 is 16.7 Å². The number of carbonyl (C=O) groups is 1. The molecule has 138 valence electrons. The van der Waals surface area contributed by atoms with Gasteiger partial charge in [-0.3, -0.25) is 4.98 Å². The minimum absolute atomic E-state index is 0.392. The fourth-order valence-electron chi connectivity index (χ4n) is 3.16. The van der Waals surface area contributed by atoms with Crippen LogP contribution in [-0.4, -0.2) is 18.1 Å². The summed E-state index contributed by atoms with van der Waals surface area (Å²) in [7, 11) is 1.62. The van der Waals surface area contributed by atoms with Crippen LogP contribution in [0, 0.1) is 0 Å². The van der Waals surface area contributed by atoms with Crippen molar-refractivity contribution < 1.29 is 14.3 Å². The molecular weight excluding hydrogens is 350 g/mol. The predicted molar refractivity (Wildman–Crippen MR) is 108 cm³/mol. The second-order valence-electron chi connectivity index (χ2n) is 6.34. The van der Waals surface area contributed by atoms with Gasteiger partial charge in [-0.25, -0.2) is 4.79 Å². The lowest BCUT2D eigenvalue weighted by molar-refractivity contribution is 0.0373. The SMILES string of the molecule is COc1ccc([C@H](OC(=O)c2ccccc2)c2nccc3ccccc23)cc1. The molecule has 0 saturated heterocycles. The summed E-state index contributed by atoms with van der Waals surface area (Å²) in [5.41, 5.74) is 2.03. The van der Waals surface area contributed by atoms with Crippen molar-refractivity contribution in [3.8, 4) is 5.75 Å². The van der Waals surface area contributed by atoms with Crippen molar-refractivity contribution in [1.29, 1.82) is 0 Å². The van der Waals surface area contributed by atoms with Gasteiger partial charge < -0.3 is 9.47 Å². The number of benzene rings is 3. The summed E-state index contributed by atoms with van der Waals surface area (Å²) in [6.07, 6.45) is 1.11. The third-order valence-corrected chi connectivity index (χ3v) is 4.61. The number of hydrogen-bond acceptors (Lipinski definition) is 4. The van der Waals surface area contributed by atoms with Gasteiger partial charge in [0.1, 0.15) is 5.75 Å². The molecule has 4 heteroatoms. The second kappa shape index (κ2) is 7.92. The molecular formula is C24H19NO3. The number of ether oxygens (including phenoxy) is 2. The Kier molecular flexibility index (Phi) is 5.02. The first kappa shape index (κ1) is 17.7. The van der Waals surface area contributed by atoms with Gasteiger partial charge in [-0.05, 0) is 41.3 Å². The number of hydrogen-bond donors (Lipinski definition) is 0. The first-order valence-corrected chi connectivity index (χ1v) is 9.00. The van der Waals surface area contributed by atoms with E-state index in [1.807, 2.05) is 72.8 Å². The molecule has 1 aromatic heterocycles. The standard InChI is InChI=1S/C24H19NO3/c1-27-20-13-11-18(12-14-20)23(28-24(26)19-8-3-2-4-9-19)22-21-10-6-5-7-17(21)15-16-25-22/h2-16,23H,1H3/t23-/m0/s1. The Bertz CT molecular complexity index is 1090. The van der Waals surface area contributed by atoms with Gasteiger partial charge in [-0.2, -0.15) is 0 Å². The topological polar surface area (TPSA) is 48.4 Å². The van der Waals surface area contributed by atoms with Crippen LogP contribution in [0.2, 0.25) is 0 Å². The molecule has 0 saturated carbocycles. The number of nitrogens with zero attached hydrogens (tertiary/aromatic N) is 1. The van der Waals surface area contributed by atoms with Crippen LogP contribution < -0.4 is 4.74 Å². The van der Waals surface area contributed by atoms with E-state index in [1.54, 1.807) is 25.4 Å². The normalized spacial score (nSPS) is 11.8. The Labute approximate surface area is 163 Å². The third-order valence-electron chi connectivity index (χ3n) is 4.61. The van der Waals surface area contributed by atoms with Gasteiger partial charge in [0.05, 0.1) is 18.4 Å². The maximum absolute atomic E-state index is 12.8. The summed E-state index contributed by atoms with van der Waals surface area (Å²) in [5.74, 6) is 0.346. The second-order valence-corrected chi connectivity index (χ2v) is 6.34. The summed E-state index contributed by atoms with van der Waals surface area (Å²) in [6.45, 7) is 0. The van der Waals surface area contributed by atoms with E-state index in [0.717, 1.165) is 22.1 Å². The average Bonchev–Trinajstić information content (AvgIpc) is 2.78. The Morgan fingerprint density at radius 3 is 2.32 bits per heavy atom. The van der Waals surface area contributed by atoms with E-state index in [0.29, 0.717) is 11.3 Å². The zero-order chi connectivity index (χ0) is 19.3. The van der Waals surface area contributed by atoms with Crippen LogP contribution in [-0.2, 0) is 4.74 Å². The molecule has 0 amide bonds. The van der Waals surface area contributed by atoms with Gasteiger partial charge in [-0.1, -0.05) is 54.6 Å². The average molecular weight is 369 g/mol. The lowest BCUT2D eigenvalue weighted by atomic mass is 10.0. The highest BCUT2D eigenvalue weighted by Gasteiger charge is 2.23. The predicted octanol–water partition coefficient (Wildman–Crippen LogP) is 5.19. The summed E-state index contributed by atoms with van der Waals surface area (Å²) in [6, 6.07) is 26.4. The third kappa shape index (κ3) is 3.58. The summed E-state index contributed by atoms with van der Waals surface area (Å²) in [5, 5.41) is 1.99. The molecule has 28 heavy (non-hydrogen) atoms. The lowest BCUT2D eigenvalue weighted by Crippen LogP contribution is -2.14. The minimum atomic E-state index is -0.635. The van der Waals surface area contributed by atoms with E-state index in [2.05, 4.69) is 4.98 Å². The van der Waals surface area contributed by atoms with Crippen LogP contribution in [0.1, 0.15) is 27.7 Å². The van der Waals surface area contributed by atoms with Crippen molar-refractivity contribution in [2.45, 2.75) is 6.10 Å². The first-order valence-electron chi connectivity index (χ1n) is 9.00. The monoisotopic (exact) mass is 369 g/mol. The molecule has 0 fully saturated rings. The molecule has 4 rings (SSSR count). The smallest absolute Gasteiger partial charge is 0.339 e. The Morgan fingerprint density at radius 1 is 0.857 bits per heavy atom. The van der Waals surface area contributed by atoms with E-state index in [1.165, 1.54) is 0 Å². The first-order chi connectivity index (χ1) is 13.8. The van der Waals surface area contributed by atoms with Crippen molar-refractivity contribution in [1.82, 2.24) is 4.98 Å². The van der Waals surface area contributed by atoms with Crippen molar-refractivity contribution in [2.24, 2.45) is 0 Å². The molecule has 1 heterocycles. The van der Waals surface area contributed by atoms with Gasteiger partial charge >= 0.3 is 5.97 Å². The summed E-state index contributed by atoms with van der Waals surface area (Å²) < 4.78 is 11.2. The van der Waals surface area contributed by atoms with Crippen LogP contribution >= 0.6 is 0 Å². The van der Waals surface area contributed by atoms with Gasteiger partial charge in [0, 0.05) is 11.6 Å². The van der Waals surface area contributed by atoms with Crippen molar-refractivity contribution in [3.63, 3.8) is 0 Å². The maximum Gasteiger partial charge on any atom is 0.339 e. The number of pyridine rings is 1. The van der Waals surface area contributed by atoms with Gasteiger partial charge in [0.2, 0.25) is 0 Å². The fourth-order valence-corrected chi connectivity index (χ4v) is 3.16. The Morgan fingerprint density at radius 2 is 1.57 bits per heavy atom. The fraction of sp³-hybridized carbons (Fsp3) is 0.0833. The molecule has 4 aromatic rings. The number of carbonyl (C=O) groups excluding carboxylic acids is 1. The number of aromatic nitrogens is 1. The van der Waals surface area contributed by atoms with Crippen LogP contribution in [0.3, 0.4) is 0 Å². The zero-order valence-electron chi connectivity index (χ0n) is 15.4. The Balaban J connectivity index is 1.79. The number of methoxy groups -OCH3 is 1. The van der Waals surface area contributed by atoms with Gasteiger partial charge in [0.15, 0.2) is 6.10 Å². The minimum Gasteiger partial charge on any atom is -0.497 e. The quantitative estimate of drug-likeness (QED) is 0.454. The highest BCUT2D eigenvalue weighted by Crippen LogP contribution is 2.32. The van der Waals surface area contributed by atoms with E-state index in [4.69, 9.17) is 9.47 Å². The Hall–Kier alpha value is -3.66. The molecule has 4 nitrogen and oxygen atoms in total. The molecule has 0 aliphatic heterocycles. The molecule has 0 aliphatic carbocycles. The van der Waals surface area contributed by atoms with Gasteiger partial charge in [0.25, 0.3) is 0 Å². The molecule has 0 radical (unpaired) electrons. The highest BCUT2D eigenvalue weighted by atomic mass is 16.5. The molecule has 0 aliphatic rings. The summed E-state index contributed by atoms with van der Waals surface area (Å²) >= 11 is 0. The largest absolute Gasteiger partial charge is 0.497 e. The van der Waals surface area contributed by atoms with Crippen molar-refractivity contribution in [2.75, 3.05) is 7.11 Å². The summed E-state index contributed by atoms with van der Waals surface area (Å²) in [4.78, 5) is 17.4. The van der Waals surface area contributed by atoms with E-state index < -0.39 is 12.1 Å². The molecule has 0 bridgehead atoms. The molecule has 0 unspecified atom stereocenters. The van der Waals surface area contributed by atoms with E-state index >= 15 is 0 Å². The van der Waals surface area contributed by atoms with E-state index in [-0.39, 0.29) is 0 Å². The van der Waals surface area contributed by atoms with E-state index in [9.17, 15) is 4.79 Å². The highest BCUT2D eigenvalue weighted by molar-refractivity contribution is 5.90. The van der Waals surface area contributed by atoms with Crippen LogP contribution in [0.4, 0.5) is 0 Å². The molecule has 3 aromatic carbocycles. The molecule has 0 spiro atoms. The van der Waals surface area contributed by atoms with Crippen LogP contribution in [0.5, 0.6) is 5.75 Å². The zero-order valence-corrected chi connectivity index (χ0v) is 15.4. The maximum atomic E-state index is 12.8. The number of fused-ring (bicyclic) bond motifs is 1. The number of rotatable bonds is 5. The lowest BCUT2D eigenvalue weighted by Gasteiger charge is -2.20. The number of esters is 1. The van der Waals surface area contributed by atoms with Gasteiger partial charge in [-0.15, -0.1) is 0 Å². The van der Waals surface area contributed by atoms with Crippen molar-refractivity contribution in [3.05, 3.63) is 108 Å². The van der Waals surface area contributed by atoms with Crippen LogP contribution in [0.25, 0.3) is 10.8 Å².